The van der Waals surface area contributed by atoms with Gasteiger partial charge in [0.1, 0.15) is 17.7 Å². The average molecular weight is 337 g/mol. The molecule has 1 heterocycles. The summed E-state index contributed by atoms with van der Waals surface area (Å²) < 4.78 is 26.9. The lowest BCUT2D eigenvalue weighted by Gasteiger charge is -2.26. The third-order valence-corrected chi connectivity index (χ3v) is 5.44. The van der Waals surface area contributed by atoms with Crippen LogP contribution in [0.3, 0.4) is 0 Å². The van der Waals surface area contributed by atoms with Crippen molar-refractivity contribution in [3.8, 4) is 0 Å². The van der Waals surface area contributed by atoms with Crippen LogP contribution in [0.25, 0.3) is 0 Å². The molecule has 4 unspecified atom stereocenters. The Balaban J connectivity index is 1.73. The van der Waals surface area contributed by atoms with E-state index < -0.39 is 29.6 Å². The van der Waals surface area contributed by atoms with Crippen LogP contribution in [0.1, 0.15) is 44.1 Å². The topological polar surface area (TPSA) is 57.6 Å². The van der Waals surface area contributed by atoms with Gasteiger partial charge in [-0.25, -0.2) is 13.6 Å². The summed E-state index contributed by atoms with van der Waals surface area (Å²) in [5, 5.41) is 9.51. The lowest BCUT2D eigenvalue weighted by Crippen LogP contribution is -2.43. The number of amides is 1. The van der Waals surface area contributed by atoms with Crippen molar-refractivity contribution in [1.29, 1.82) is 0 Å². The van der Waals surface area contributed by atoms with Crippen LogP contribution in [0, 0.1) is 23.5 Å². The van der Waals surface area contributed by atoms with E-state index in [2.05, 4.69) is 0 Å². The third-order valence-electron chi connectivity index (χ3n) is 5.44. The van der Waals surface area contributed by atoms with Gasteiger partial charge in [-0.1, -0.05) is 19.4 Å². The average Bonchev–Trinajstić information content (AvgIpc) is 3.06. The zero-order valence-corrected chi connectivity index (χ0v) is 13.5. The van der Waals surface area contributed by atoms with Crippen LogP contribution in [0.4, 0.5) is 8.78 Å². The van der Waals surface area contributed by atoms with Crippen molar-refractivity contribution >= 4 is 11.9 Å². The highest BCUT2D eigenvalue weighted by Crippen LogP contribution is 2.42. The van der Waals surface area contributed by atoms with E-state index in [1.807, 2.05) is 0 Å². The summed E-state index contributed by atoms with van der Waals surface area (Å²) >= 11 is 0. The summed E-state index contributed by atoms with van der Waals surface area (Å²) in [5.74, 6) is -2.71. The normalized spacial score (nSPS) is 27.1. The maximum Gasteiger partial charge on any atom is 0.326 e. The fraction of sp³-hybridized carbons (Fsp3) is 0.556. The van der Waals surface area contributed by atoms with Crippen molar-refractivity contribution in [3.05, 3.63) is 35.4 Å². The van der Waals surface area contributed by atoms with Crippen molar-refractivity contribution in [2.45, 2.75) is 44.6 Å². The second kappa shape index (κ2) is 6.49. The summed E-state index contributed by atoms with van der Waals surface area (Å²) in [4.78, 5) is 25.7. The van der Waals surface area contributed by atoms with E-state index in [0.29, 0.717) is 6.54 Å². The Morgan fingerprint density at radius 2 is 2.08 bits per heavy atom. The molecular formula is C18H21F2NO3. The molecule has 0 radical (unpaired) electrons. The monoisotopic (exact) mass is 337 g/mol. The molecule has 1 saturated heterocycles. The number of carboxylic acids is 1. The number of nitrogens with zero attached hydrogens (tertiary/aromatic N) is 1. The molecule has 1 aliphatic heterocycles. The highest BCUT2D eigenvalue weighted by Gasteiger charge is 2.49. The van der Waals surface area contributed by atoms with Gasteiger partial charge in [-0.05, 0) is 42.2 Å². The van der Waals surface area contributed by atoms with Gasteiger partial charge in [-0.3, -0.25) is 4.79 Å². The smallest absolute Gasteiger partial charge is 0.326 e. The number of fused-ring (bicyclic) bond motifs is 1. The predicted molar refractivity (Wildman–Crippen MR) is 83.4 cm³/mol. The first kappa shape index (κ1) is 16.9. The van der Waals surface area contributed by atoms with Crippen molar-refractivity contribution in [2.75, 3.05) is 6.54 Å². The predicted octanol–water partition coefficient (Wildman–Crippen LogP) is 3.17. The van der Waals surface area contributed by atoms with Gasteiger partial charge < -0.3 is 10.0 Å². The van der Waals surface area contributed by atoms with Crippen molar-refractivity contribution < 1.29 is 23.5 Å². The van der Waals surface area contributed by atoms with Gasteiger partial charge in [-0.2, -0.15) is 0 Å². The van der Waals surface area contributed by atoms with Crippen molar-refractivity contribution in [3.63, 3.8) is 0 Å². The highest BCUT2D eigenvalue weighted by molar-refractivity contribution is 5.85. The first-order valence-corrected chi connectivity index (χ1v) is 8.35. The highest BCUT2D eigenvalue weighted by atomic mass is 19.1. The number of carbonyl (C=O) groups excluding carboxylic acids is 1. The van der Waals surface area contributed by atoms with Crippen LogP contribution >= 0.6 is 0 Å². The molecule has 1 aromatic rings. The molecule has 1 saturated carbocycles. The second-order valence-corrected chi connectivity index (χ2v) is 6.96. The Kier molecular flexibility index (Phi) is 4.56. The molecule has 0 bridgehead atoms. The quantitative estimate of drug-likeness (QED) is 0.918. The molecule has 0 spiro atoms. The summed E-state index contributed by atoms with van der Waals surface area (Å²) in [5.41, 5.74) is 0.274. The number of hydrogen-bond acceptors (Lipinski definition) is 2. The SMILES string of the molecule is CC(CC(=O)N1CC2CCCC2C1C(=O)O)c1ccc(F)cc1F. The fourth-order valence-electron chi connectivity index (χ4n) is 4.27. The molecule has 4 atom stereocenters. The van der Waals surface area contributed by atoms with E-state index in [1.54, 1.807) is 6.92 Å². The Hall–Kier alpha value is -1.98. The van der Waals surface area contributed by atoms with Gasteiger partial charge in [0, 0.05) is 19.0 Å². The van der Waals surface area contributed by atoms with E-state index >= 15 is 0 Å². The van der Waals surface area contributed by atoms with Gasteiger partial charge in [0.25, 0.3) is 0 Å². The molecule has 2 fully saturated rings. The summed E-state index contributed by atoms with van der Waals surface area (Å²) in [6.45, 7) is 2.17. The van der Waals surface area contributed by atoms with E-state index in [-0.39, 0.29) is 29.7 Å². The van der Waals surface area contributed by atoms with Crippen LogP contribution in [0.2, 0.25) is 0 Å². The fourth-order valence-corrected chi connectivity index (χ4v) is 4.27. The summed E-state index contributed by atoms with van der Waals surface area (Å²) in [6.07, 6.45) is 2.83. The Morgan fingerprint density at radius 1 is 1.33 bits per heavy atom. The first-order chi connectivity index (χ1) is 11.4. The van der Waals surface area contributed by atoms with Crippen molar-refractivity contribution in [2.24, 2.45) is 11.8 Å². The lowest BCUT2D eigenvalue weighted by atomic mass is 9.94. The number of carbonyl (C=O) groups is 2. The van der Waals surface area contributed by atoms with Crippen LogP contribution in [0.15, 0.2) is 18.2 Å². The van der Waals surface area contributed by atoms with E-state index in [4.69, 9.17) is 0 Å². The maximum absolute atomic E-state index is 13.9. The Morgan fingerprint density at radius 3 is 2.75 bits per heavy atom. The Labute approximate surface area is 139 Å². The molecule has 1 aromatic carbocycles. The van der Waals surface area contributed by atoms with Crippen LogP contribution in [-0.2, 0) is 9.59 Å². The molecule has 1 N–H and O–H groups in total. The minimum Gasteiger partial charge on any atom is -0.480 e. The van der Waals surface area contributed by atoms with E-state index in [0.717, 1.165) is 25.3 Å². The molecule has 2 aliphatic rings. The minimum atomic E-state index is -0.960. The molecule has 0 aromatic heterocycles. The van der Waals surface area contributed by atoms with Gasteiger partial charge in [0.05, 0.1) is 0 Å². The largest absolute Gasteiger partial charge is 0.480 e. The van der Waals surface area contributed by atoms with Crippen molar-refractivity contribution in [1.82, 2.24) is 4.90 Å². The van der Waals surface area contributed by atoms with Crippen LogP contribution < -0.4 is 0 Å². The van der Waals surface area contributed by atoms with Crippen LogP contribution in [-0.4, -0.2) is 34.5 Å². The zero-order valence-electron chi connectivity index (χ0n) is 13.5. The summed E-state index contributed by atoms with van der Waals surface area (Å²) in [7, 11) is 0. The van der Waals surface area contributed by atoms with Gasteiger partial charge in [0.2, 0.25) is 5.91 Å². The number of aliphatic carboxylic acids is 1. The molecule has 1 aliphatic carbocycles. The van der Waals surface area contributed by atoms with Gasteiger partial charge in [0.15, 0.2) is 0 Å². The zero-order chi connectivity index (χ0) is 17.4. The molecule has 130 valence electrons. The van der Waals surface area contributed by atoms with Crippen LogP contribution in [0.5, 0.6) is 0 Å². The molecule has 24 heavy (non-hydrogen) atoms. The number of halogens is 2. The minimum absolute atomic E-state index is 0.0196. The second-order valence-electron chi connectivity index (χ2n) is 6.96. The van der Waals surface area contributed by atoms with E-state index in [1.165, 1.54) is 17.0 Å². The Bertz CT molecular complexity index is 664. The lowest BCUT2D eigenvalue weighted by molar-refractivity contribution is -0.149. The number of rotatable bonds is 4. The standard InChI is InChI=1S/C18H21F2NO3/c1-10(13-6-5-12(19)8-15(13)20)7-16(22)21-9-11-3-2-4-14(11)17(21)18(23)24/h5-6,8,10-11,14,17H,2-4,7,9H2,1H3,(H,23,24). The number of hydrogen-bond donors (Lipinski definition) is 1. The maximum atomic E-state index is 13.9. The first-order valence-electron chi connectivity index (χ1n) is 8.35. The number of carboxylic acid groups (broad SMARTS) is 1. The van der Waals surface area contributed by atoms with Gasteiger partial charge >= 0.3 is 5.97 Å². The third kappa shape index (κ3) is 3.01. The molecular weight excluding hydrogens is 316 g/mol. The molecule has 4 nitrogen and oxygen atoms in total. The molecule has 6 heteroatoms. The number of likely N-dealkylation sites (tertiary alicyclic amines) is 1. The van der Waals surface area contributed by atoms with Gasteiger partial charge in [-0.15, -0.1) is 0 Å². The summed E-state index contributed by atoms with van der Waals surface area (Å²) in [6, 6.07) is 2.54. The molecule has 1 amide bonds. The molecule has 3 rings (SSSR count). The van der Waals surface area contributed by atoms with E-state index in [9.17, 15) is 23.5 Å². The number of benzene rings is 1.